The molecule has 2 aromatic carbocycles. The fraction of sp³-hybridized carbons (Fsp3) is 0.360. The van der Waals surface area contributed by atoms with Crippen molar-refractivity contribution < 1.29 is 9.84 Å². The summed E-state index contributed by atoms with van der Waals surface area (Å²) >= 11 is 0. The van der Waals surface area contributed by atoms with Gasteiger partial charge < -0.3 is 15.2 Å². The van der Waals surface area contributed by atoms with E-state index in [9.17, 15) is 9.90 Å². The van der Waals surface area contributed by atoms with E-state index in [4.69, 9.17) is 4.74 Å². The lowest BCUT2D eigenvalue weighted by molar-refractivity contribution is 0.0374. The molecule has 3 N–H and O–H groups in total. The maximum atomic E-state index is 12.3. The van der Waals surface area contributed by atoms with Gasteiger partial charge in [-0.05, 0) is 67.4 Å². The number of rotatable bonds is 7. The van der Waals surface area contributed by atoms with Gasteiger partial charge in [0.2, 0.25) is 0 Å². The van der Waals surface area contributed by atoms with Gasteiger partial charge in [0.15, 0.2) is 5.65 Å². The molecule has 8 nitrogen and oxygen atoms in total. The Morgan fingerprint density at radius 2 is 2.03 bits per heavy atom. The van der Waals surface area contributed by atoms with Crippen LogP contribution < -0.4 is 11.0 Å². The first-order valence-corrected chi connectivity index (χ1v) is 11.4. The largest absolute Gasteiger partial charge is 0.507 e. The zero-order chi connectivity index (χ0) is 22.8. The molecule has 3 heterocycles. The van der Waals surface area contributed by atoms with E-state index in [0.717, 1.165) is 80.0 Å². The minimum Gasteiger partial charge on any atom is -0.507 e. The molecule has 1 saturated heterocycles. The summed E-state index contributed by atoms with van der Waals surface area (Å²) in [5.74, 6) is 0.192. The molecular weight excluding hydrogens is 418 g/mol. The van der Waals surface area contributed by atoms with E-state index in [0.29, 0.717) is 11.2 Å². The number of hydrogen-bond donors (Lipinski definition) is 3. The van der Waals surface area contributed by atoms with Gasteiger partial charge in [-0.2, -0.15) is 5.10 Å². The lowest BCUT2D eigenvalue weighted by atomic mass is 9.99. The summed E-state index contributed by atoms with van der Waals surface area (Å²) in [5.41, 5.74) is 4.70. The summed E-state index contributed by atoms with van der Waals surface area (Å²) in [6, 6.07) is 13.6. The van der Waals surface area contributed by atoms with Crippen molar-refractivity contribution in [1.82, 2.24) is 24.8 Å². The molecule has 2 aromatic heterocycles. The number of fused-ring (bicyclic) bond motifs is 3. The van der Waals surface area contributed by atoms with Crippen molar-refractivity contribution in [2.45, 2.75) is 19.9 Å². The zero-order valence-electron chi connectivity index (χ0n) is 18.8. The third-order valence-corrected chi connectivity index (χ3v) is 6.32. The topological polar surface area (TPSA) is 94.9 Å². The van der Waals surface area contributed by atoms with Crippen molar-refractivity contribution in [3.05, 3.63) is 64.1 Å². The van der Waals surface area contributed by atoms with Gasteiger partial charge in [0.25, 0.3) is 0 Å². The van der Waals surface area contributed by atoms with Gasteiger partial charge in [-0.3, -0.25) is 4.90 Å². The molecule has 1 aliphatic heterocycles. The average Bonchev–Trinajstić information content (AvgIpc) is 3.20. The van der Waals surface area contributed by atoms with Crippen molar-refractivity contribution in [3.63, 3.8) is 0 Å². The van der Waals surface area contributed by atoms with E-state index < -0.39 is 0 Å². The first-order chi connectivity index (χ1) is 16.1. The number of benzene rings is 2. The van der Waals surface area contributed by atoms with E-state index >= 15 is 0 Å². The van der Waals surface area contributed by atoms with Crippen LogP contribution in [0.4, 0.5) is 0 Å². The van der Waals surface area contributed by atoms with E-state index in [1.807, 2.05) is 31.2 Å². The van der Waals surface area contributed by atoms with Gasteiger partial charge in [0.1, 0.15) is 5.75 Å². The fourth-order valence-corrected chi connectivity index (χ4v) is 4.55. The molecule has 0 radical (unpaired) electrons. The van der Waals surface area contributed by atoms with E-state index in [-0.39, 0.29) is 11.4 Å². The number of hydrogen-bond acceptors (Lipinski definition) is 6. The normalized spacial score (nSPS) is 14.9. The molecule has 0 atom stereocenters. The number of aromatic hydroxyl groups is 1. The molecule has 0 bridgehead atoms. The smallest absolute Gasteiger partial charge is 0.348 e. The Morgan fingerprint density at radius 3 is 2.88 bits per heavy atom. The Balaban J connectivity index is 1.34. The highest BCUT2D eigenvalue weighted by molar-refractivity contribution is 5.92. The Kier molecular flexibility index (Phi) is 6.13. The molecule has 0 aliphatic carbocycles. The van der Waals surface area contributed by atoms with Crippen LogP contribution in [0.3, 0.4) is 0 Å². The number of phenols is 1. The Labute approximate surface area is 191 Å². The van der Waals surface area contributed by atoms with Gasteiger partial charge in [0.05, 0.1) is 18.7 Å². The first-order valence-electron chi connectivity index (χ1n) is 11.4. The van der Waals surface area contributed by atoms with Crippen molar-refractivity contribution in [1.29, 1.82) is 0 Å². The summed E-state index contributed by atoms with van der Waals surface area (Å²) in [6.45, 7) is 8.46. The van der Waals surface area contributed by atoms with Crippen LogP contribution in [0.5, 0.6) is 5.75 Å². The Hall–Kier alpha value is -3.20. The van der Waals surface area contributed by atoms with Crippen LogP contribution in [0.15, 0.2) is 47.3 Å². The summed E-state index contributed by atoms with van der Waals surface area (Å²) in [5, 5.41) is 21.7. The van der Waals surface area contributed by atoms with Gasteiger partial charge >= 0.3 is 5.69 Å². The van der Waals surface area contributed by atoms with Gasteiger partial charge in [-0.15, -0.1) is 0 Å². The second-order valence-corrected chi connectivity index (χ2v) is 8.62. The van der Waals surface area contributed by atoms with Crippen molar-refractivity contribution >= 4 is 16.6 Å². The maximum absolute atomic E-state index is 12.3. The number of aromatic nitrogens is 3. The van der Waals surface area contributed by atoms with Gasteiger partial charge in [-0.25, -0.2) is 14.3 Å². The van der Waals surface area contributed by atoms with Crippen LogP contribution in [0.25, 0.3) is 27.7 Å². The summed E-state index contributed by atoms with van der Waals surface area (Å²) in [4.78, 5) is 14.8. The lowest BCUT2D eigenvalue weighted by Crippen LogP contribution is -2.37. The number of nitrogens with one attached hydrogen (secondary N) is 2. The highest BCUT2D eigenvalue weighted by Gasteiger charge is 2.14. The average molecular weight is 448 g/mol. The first kappa shape index (κ1) is 21.6. The second-order valence-electron chi connectivity index (χ2n) is 8.62. The minimum atomic E-state index is -0.290. The second kappa shape index (κ2) is 9.35. The standard InChI is InChI=1S/C25H29N5O3/c1-17-12-24-27-28-25(32)30(24)22-14-21(23(31)15-20(17)22)19-5-2-4-18(13-19)16-26-6-3-7-29-8-10-33-11-9-29/h2,4-5,12-15,26,31H,3,6-11,16H2,1H3,(H,28,32). The highest BCUT2D eigenvalue weighted by atomic mass is 16.5. The third-order valence-electron chi connectivity index (χ3n) is 6.32. The summed E-state index contributed by atoms with van der Waals surface area (Å²) in [6.07, 6.45) is 1.10. The molecule has 0 saturated carbocycles. The molecule has 5 rings (SSSR count). The number of morpholine rings is 1. The van der Waals surface area contributed by atoms with Crippen LogP contribution in [-0.4, -0.2) is 64.0 Å². The monoisotopic (exact) mass is 447 g/mol. The van der Waals surface area contributed by atoms with Gasteiger partial charge in [0, 0.05) is 30.6 Å². The molecule has 0 unspecified atom stereocenters. The molecule has 4 aromatic rings. The molecule has 0 spiro atoms. The van der Waals surface area contributed by atoms with Crippen LogP contribution in [0.2, 0.25) is 0 Å². The van der Waals surface area contributed by atoms with Crippen molar-refractivity contribution in [2.24, 2.45) is 0 Å². The minimum absolute atomic E-state index is 0.192. The maximum Gasteiger partial charge on any atom is 0.348 e. The Morgan fingerprint density at radius 1 is 1.18 bits per heavy atom. The number of ether oxygens (including phenoxy) is 1. The zero-order valence-corrected chi connectivity index (χ0v) is 18.8. The number of nitrogens with zero attached hydrogens (tertiary/aromatic N) is 3. The lowest BCUT2D eigenvalue weighted by Gasteiger charge is -2.26. The number of aryl methyl sites for hydroxylation is 1. The summed E-state index contributed by atoms with van der Waals surface area (Å²) in [7, 11) is 0. The van der Waals surface area contributed by atoms with E-state index in [1.165, 1.54) is 0 Å². The van der Waals surface area contributed by atoms with Crippen molar-refractivity contribution in [2.75, 3.05) is 39.4 Å². The Bertz CT molecular complexity index is 1340. The van der Waals surface area contributed by atoms with Crippen molar-refractivity contribution in [3.8, 4) is 16.9 Å². The number of aromatic amines is 1. The van der Waals surface area contributed by atoms with Crippen LogP contribution in [0.1, 0.15) is 17.5 Å². The van der Waals surface area contributed by atoms with Crippen LogP contribution in [-0.2, 0) is 11.3 Å². The molecule has 0 amide bonds. The van der Waals surface area contributed by atoms with Gasteiger partial charge in [-0.1, -0.05) is 18.2 Å². The predicted molar refractivity (Wildman–Crippen MR) is 129 cm³/mol. The number of pyridine rings is 1. The molecule has 1 aliphatic rings. The molecule has 33 heavy (non-hydrogen) atoms. The third kappa shape index (κ3) is 4.50. The number of phenolic OH excluding ortho intramolecular Hbond substituents is 1. The summed E-state index contributed by atoms with van der Waals surface area (Å²) < 4.78 is 6.94. The molecule has 1 fully saturated rings. The fourth-order valence-electron chi connectivity index (χ4n) is 4.55. The molecular formula is C25H29N5O3. The van der Waals surface area contributed by atoms with Crippen LogP contribution >= 0.6 is 0 Å². The highest BCUT2D eigenvalue weighted by Crippen LogP contribution is 2.35. The van der Waals surface area contributed by atoms with E-state index in [2.05, 4.69) is 32.5 Å². The van der Waals surface area contributed by atoms with Crippen LogP contribution in [0, 0.1) is 6.92 Å². The predicted octanol–water partition coefficient (Wildman–Crippen LogP) is 2.67. The SMILES string of the molecule is Cc1cc2n[nH]c(=O)n2c2cc(-c3cccc(CNCCCN4CCOCC4)c3)c(O)cc12. The quantitative estimate of drug-likeness (QED) is 0.377. The molecule has 172 valence electrons. The van der Waals surface area contributed by atoms with E-state index in [1.54, 1.807) is 10.5 Å². The molecule has 8 heteroatoms. The number of H-pyrrole nitrogens is 1.